The van der Waals surface area contributed by atoms with Gasteiger partial charge in [-0.15, -0.1) is 0 Å². The lowest BCUT2D eigenvalue weighted by atomic mass is 9.81. The SMILES string of the molecule is N[C@H]1CCC[C@@H](c2ccncc2Nc2ncc3ccc(-c4c(F)cc(C5(O)COC5)cc4F)nn23)C1. The summed E-state index contributed by atoms with van der Waals surface area (Å²) in [6, 6.07) is 7.68. The molecular weight excluding hydrogens is 466 g/mol. The third-order valence-electron chi connectivity index (χ3n) is 7.16. The molecular formula is C26H26F2N6O2. The van der Waals surface area contributed by atoms with Crippen molar-refractivity contribution in [1.82, 2.24) is 19.6 Å². The summed E-state index contributed by atoms with van der Waals surface area (Å²) in [5, 5.41) is 18.2. The number of nitrogens with zero attached hydrogens (tertiary/aromatic N) is 4. The molecule has 2 aliphatic rings. The largest absolute Gasteiger partial charge is 0.380 e. The van der Waals surface area contributed by atoms with Crippen molar-refractivity contribution in [3.8, 4) is 11.3 Å². The minimum absolute atomic E-state index is 0.00261. The Kier molecular flexibility index (Phi) is 5.66. The van der Waals surface area contributed by atoms with Crippen molar-refractivity contribution in [1.29, 1.82) is 0 Å². The maximum absolute atomic E-state index is 15.1. The standard InChI is InChI=1S/C26H26F2N6O2/c27-20-9-16(26(35)13-36-14-26)10-21(28)24(20)22-5-4-18-11-31-25(34(18)33-22)32-23-12-30-7-6-19(23)15-2-1-3-17(29)8-15/h4-7,9-12,15,17,35H,1-3,8,13-14,29H2,(H,31,32)/t15-,17+/m1/s1. The quantitative estimate of drug-likeness (QED) is 0.386. The summed E-state index contributed by atoms with van der Waals surface area (Å²) < 4.78 is 36.6. The summed E-state index contributed by atoms with van der Waals surface area (Å²) in [7, 11) is 0. The average molecular weight is 493 g/mol. The number of benzene rings is 1. The highest BCUT2D eigenvalue weighted by molar-refractivity contribution is 5.66. The molecule has 0 bridgehead atoms. The van der Waals surface area contributed by atoms with E-state index in [1.165, 1.54) is 4.52 Å². The van der Waals surface area contributed by atoms with E-state index in [9.17, 15) is 5.11 Å². The molecule has 36 heavy (non-hydrogen) atoms. The summed E-state index contributed by atoms with van der Waals surface area (Å²) in [4.78, 5) is 8.71. The van der Waals surface area contributed by atoms with Gasteiger partial charge in [0.25, 0.3) is 0 Å². The molecule has 3 aromatic heterocycles. The predicted molar refractivity (Wildman–Crippen MR) is 130 cm³/mol. The highest BCUT2D eigenvalue weighted by atomic mass is 19.1. The van der Waals surface area contributed by atoms with Gasteiger partial charge in [0.2, 0.25) is 5.95 Å². The number of fused-ring (bicyclic) bond motifs is 1. The van der Waals surface area contributed by atoms with Crippen LogP contribution in [0.4, 0.5) is 20.4 Å². The second kappa shape index (κ2) is 8.88. The predicted octanol–water partition coefficient (Wildman–Crippen LogP) is 4.02. The van der Waals surface area contributed by atoms with Crippen LogP contribution >= 0.6 is 0 Å². The van der Waals surface area contributed by atoms with Gasteiger partial charge in [-0.2, -0.15) is 9.61 Å². The summed E-state index contributed by atoms with van der Waals surface area (Å²) in [6.07, 6.45) is 9.20. The molecule has 8 nitrogen and oxygen atoms in total. The zero-order valence-corrected chi connectivity index (χ0v) is 19.5. The third kappa shape index (κ3) is 4.01. The van der Waals surface area contributed by atoms with Crippen LogP contribution in [0.3, 0.4) is 0 Å². The summed E-state index contributed by atoms with van der Waals surface area (Å²) in [5.41, 5.74) is 7.39. The number of hydrogen-bond acceptors (Lipinski definition) is 7. The Morgan fingerprint density at radius 3 is 2.64 bits per heavy atom. The van der Waals surface area contributed by atoms with Crippen molar-refractivity contribution >= 4 is 17.2 Å². The summed E-state index contributed by atoms with van der Waals surface area (Å²) in [5.74, 6) is -0.906. The summed E-state index contributed by atoms with van der Waals surface area (Å²) in [6.45, 7) is 0.00521. The first kappa shape index (κ1) is 23.0. The van der Waals surface area contributed by atoms with Crippen LogP contribution in [0, 0.1) is 11.6 Å². The fourth-order valence-electron chi connectivity index (χ4n) is 5.15. The minimum atomic E-state index is -1.37. The van der Waals surface area contributed by atoms with Crippen LogP contribution in [0.25, 0.3) is 16.8 Å². The number of pyridine rings is 1. The maximum atomic E-state index is 15.1. The molecule has 1 aliphatic heterocycles. The highest BCUT2D eigenvalue weighted by Gasteiger charge is 2.39. The topological polar surface area (TPSA) is 111 Å². The molecule has 10 heteroatoms. The monoisotopic (exact) mass is 492 g/mol. The normalized spacial score (nSPS) is 21.3. The number of nitrogens with one attached hydrogen (secondary N) is 1. The van der Waals surface area contributed by atoms with Gasteiger partial charge in [-0.1, -0.05) is 6.42 Å². The van der Waals surface area contributed by atoms with Crippen LogP contribution in [-0.4, -0.2) is 43.9 Å². The van der Waals surface area contributed by atoms with Crippen molar-refractivity contribution < 1.29 is 18.6 Å². The molecule has 4 aromatic rings. The second-order valence-corrected chi connectivity index (χ2v) is 9.69. The molecule has 1 saturated heterocycles. The molecule has 0 radical (unpaired) electrons. The Morgan fingerprint density at radius 1 is 1.11 bits per heavy atom. The number of hydrogen-bond donors (Lipinski definition) is 3. The summed E-state index contributed by atoms with van der Waals surface area (Å²) >= 11 is 0. The van der Waals surface area contributed by atoms with E-state index in [1.54, 1.807) is 30.7 Å². The second-order valence-electron chi connectivity index (χ2n) is 9.69. The van der Waals surface area contributed by atoms with Gasteiger partial charge < -0.3 is 20.9 Å². The zero-order valence-electron chi connectivity index (χ0n) is 19.5. The lowest BCUT2D eigenvalue weighted by Gasteiger charge is -2.36. The lowest BCUT2D eigenvalue weighted by molar-refractivity contribution is -0.184. The van der Waals surface area contributed by atoms with Crippen LogP contribution in [0.2, 0.25) is 0 Å². The van der Waals surface area contributed by atoms with E-state index in [0.29, 0.717) is 17.4 Å². The molecule has 1 aliphatic carbocycles. The van der Waals surface area contributed by atoms with E-state index in [4.69, 9.17) is 10.5 Å². The van der Waals surface area contributed by atoms with E-state index in [2.05, 4.69) is 20.4 Å². The van der Waals surface area contributed by atoms with Crippen LogP contribution in [0.5, 0.6) is 0 Å². The Balaban J connectivity index is 1.35. The van der Waals surface area contributed by atoms with Gasteiger partial charge in [0.1, 0.15) is 17.2 Å². The van der Waals surface area contributed by atoms with Crippen LogP contribution in [0.15, 0.2) is 48.9 Å². The number of nitrogens with two attached hydrogens (primary N) is 1. The molecule has 0 spiro atoms. The molecule has 186 valence electrons. The van der Waals surface area contributed by atoms with Crippen LogP contribution in [0.1, 0.15) is 42.7 Å². The maximum Gasteiger partial charge on any atom is 0.229 e. The highest BCUT2D eigenvalue weighted by Crippen LogP contribution is 2.37. The molecule has 4 heterocycles. The number of aromatic nitrogens is 4. The van der Waals surface area contributed by atoms with Gasteiger partial charge in [-0.25, -0.2) is 13.8 Å². The van der Waals surface area contributed by atoms with E-state index < -0.39 is 17.2 Å². The smallest absolute Gasteiger partial charge is 0.229 e. The first-order valence-corrected chi connectivity index (χ1v) is 12.0. The lowest BCUT2D eigenvalue weighted by Crippen LogP contribution is -2.46. The number of halogens is 2. The first-order chi connectivity index (χ1) is 17.4. The molecule has 4 N–H and O–H groups in total. The number of anilines is 2. The molecule has 2 fully saturated rings. The Hall–Kier alpha value is -3.47. The van der Waals surface area contributed by atoms with Crippen molar-refractivity contribution in [3.05, 3.63) is 71.7 Å². The first-order valence-electron chi connectivity index (χ1n) is 12.0. The van der Waals surface area contributed by atoms with Gasteiger partial charge in [-0.05, 0) is 66.6 Å². The van der Waals surface area contributed by atoms with E-state index in [1.807, 2.05) is 6.07 Å². The fraction of sp³-hybridized carbons (Fsp3) is 0.346. The Labute approximate surface area is 206 Å². The molecule has 0 amide bonds. The van der Waals surface area contributed by atoms with E-state index >= 15 is 8.78 Å². The van der Waals surface area contributed by atoms with Gasteiger partial charge in [-0.3, -0.25) is 4.98 Å². The van der Waals surface area contributed by atoms with Crippen molar-refractivity contribution in [2.45, 2.75) is 43.2 Å². The van der Waals surface area contributed by atoms with Crippen LogP contribution < -0.4 is 11.1 Å². The van der Waals surface area contributed by atoms with Crippen molar-refractivity contribution in [3.63, 3.8) is 0 Å². The van der Waals surface area contributed by atoms with E-state index in [-0.39, 0.29) is 36.1 Å². The molecule has 2 atom stereocenters. The van der Waals surface area contributed by atoms with Gasteiger partial charge in [0.15, 0.2) is 0 Å². The van der Waals surface area contributed by atoms with Gasteiger partial charge >= 0.3 is 0 Å². The van der Waals surface area contributed by atoms with Crippen LogP contribution in [-0.2, 0) is 10.3 Å². The molecule has 1 saturated carbocycles. The number of ether oxygens (including phenoxy) is 1. The Bertz CT molecular complexity index is 1410. The number of aliphatic hydroxyl groups is 1. The molecule has 6 rings (SSSR count). The minimum Gasteiger partial charge on any atom is -0.380 e. The zero-order chi connectivity index (χ0) is 24.9. The number of imidazole rings is 1. The Morgan fingerprint density at radius 2 is 1.92 bits per heavy atom. The molecule has 1 aromatic carbocycles. The number of rotatable bonds is 5. The van der Waals surface area contributed by atoms with Crippen molar-refractivity contribution in [2.24, 2.45) is 5.73 Å². The average Bonchev–Trinajstić information content (AvgIpc) is 3.24. The third-order valence-corrected chi connectivity index (χ3v) is 7.16. The van der Waals surface area contributed by atoms with Gasteiger partial charge in [0.05, 0.1) is 48.1 Å². The van der Waals surface area contributed by atoms with Gasteiger partial charge in [0, 0.05) is 12.2 Å². The van der Waals surface area contributed by atoms with Crippen molar-refractivity contribution in [2.75, 3.05) is 18.5 Å². The molecule has 0 unspecified atom stereocenters. The van der Waals surface area contributed by atoms with E-state index in [0.717, 1.165) is 49.1 Å². The fourth-order valence-corrected chi connectivity index (χ4v) is 5.15.